The molecule has 0 bridgehead atoms. The van der Waals surface area contributed by atoms with Gasteiger partial charge in [-0.2, -0.15) is 22.3 Å². The van der Waals surface area contributed by atoms with E-state index in [0.717, 1.165) is 61.6 Å². The fourth-order valence-electron chi connectivity index (χ4n) is 3.89. The van der Waals surface area contributed by atoms with Crippen LogP contribution in [-0.4, -0.2) is 59.7 Å². The number of nitriles is 2. The van der Waals surface area contributed by atoms with E-state index < -0.39 is 0 Å². The number of likely N-dealkylation sites (tertiary alicyclic amines) is 1. The summed E-state index contributed by atoms with van der Waals surface area (Å²) in [6.45, 7) is 8.74. The molecule has 0 aromatic carbocycles. The Hall–Kier alpha value is -2.09. The molecule has 2 fully saturated rings. The van der Waals surface area contributed by atoms with Gasteiger partial charge in [0.1, 0.15) is 29.5 Å². The van der Waals surface area contributed by atoms with Crippen LogP contribution in [0.3, 0.4) is 0 Å². The molecule has 0 radical (unpaired) electrons. The molecule has 6 nitrogen and oxygen atoms in total. The third-order valence-electron chi connectivity index (χ3n) is 5.36. The summed E-state index contributed by atoms with van der Waals surface area (Å²) in [4.78, 5) is 6.76. The van der Waals surface area contributed by atoms with Crippen molar-refractivity contribution in [3.8, 4) is 12.1 Å². The Kier molecular flexibility index (Phi) is 7.71. The Morgan fingerprint density at radius 2 is 1.75 bits per heavy atom. The highest BCUT2D eigenvalue weighted by molar-refractivity contribution is 7.98. The maximum Gasteiger partial charge on any atom is 0.169 e. The molecule has 150 valence electrons. The molecule has 1 aromatic rings. The van der Waals surface area contributed by atoms with Crippen LogP contribution in [0.4, 0.5) is 0 Å². The van der Waals surface area contributed by atoms with Gasteiger partial charge in [-0.05, 0) is 45.0 Å². The molecular weight excluding hydrogens is 370 g/mol. The second-order valence-corrected chi connectivity index (χ2v) is 8.35. The van der Waals surface area contributed by atoms with Crippen LogP contribution in [0.1, 0.15) is 37.7 Å². The van der Waals surface area contributed by atoms with E-state index in [4.69, 9.17) is 4.42 Å². The standard InChI is InChI=1S/C21H29N5OS/c1-2-25-10-11-26(21(25)18(14-22)15-23)12-13-28-17-20-7-6-19(27-20)16-24-8-4-3-5-9-24/h6-7H,2-5,8-13,16-17H2,1H3. The van der Waals surface area contributed by atoms with E-state index in [1.807, 2.05) is 23.9 Å². The summed E-state index contributed by atoms with van der Waals surface area (Å²) in [5.74, 6) is 4.68. The third kappa shape index (κ3) is 5.25. The van der Waals surface area contributed by atoms with Gasteiger partial charge in [0.05, 0.1) is 12.3 Å². The van der Waals surface area contributed by atoms with Gasteiger partial charge in [0.25, 0.3) is 0 Å². The summed E-state index contributed by atoms with van der Waals surface area (Å²) < 4.78 is 6.01. The van der Waals surface area contributed by atoms with Crippen molar-refractivity contribution in [2.24, 2.45) is 0 Å². The van der Waals surface area contributed by atoms with E-state index in [9.17, 15) is 10.5 Å². The molecule has 3 heterocycles. The number of rotatable bonds is 8. The maximum absolute atomic E-state index is 9.25. The quantitative estimate of drug-likeness (QED) is 0.490. The minimum Gasteiger partial charge on any atom is -0.464 e. The van der Waals surface area contributed by atoms with Crippen LogP contribution in [0.15, 0.2) is 27.9 Å². The van der Waals surface area contributed by atoms with Crippen LogP contribution < -0.4 is 0 Å². The van der Waals surface area contributed by atoms with E-state index >= 15 is 0 Å². The van der Waals surface area contributed by atoms with Gasteiger partial charge >= 0.3 is 0 Å². The number of likely N-dealkylation sites (N-methyl/N-ethyl adjacent to an activating group) is 1. The summed E-state index contributed by atoms with van der Waals surface area (Å²) in [7, 11) is 0. The molecule has 0 unspecified atom stereocenters. The molecule has 1 aromatic heterocycles. The summed E-state index contributed by atoms with van der Waals surface area (Å²) >= 11 is 1.83. The lowest BCUT2D eigenvalue weighted by Gasteiger charge is -2.25. The first-order chi connectivity index (χ1) is 13.7. The van der Waals surface area contributed by atoms with Crippen LogP contribution in [-0.2, 0) is 12.3 Å². The highest BCUT2D eigenvalue weighted by atomic mass is 32.2. The van der Waals surface area contributed by atoms with Crippen molar-refractivity contribution in [3.63, 3.8) is 0 Å². The van der Waals surface area contributed by atoms with Gasteiger partial charge < -0.3 is 14.2 Å². The molecule has 2 aliphatic heterocycles. The third-order valence-corrected chi connectivity index (χ3v) is 6.32. The van der Waals surface area contributed by atoms with Gasteiger partial charge in [0.15, 0.2) is 5.57 Å². The van der Waals surface area contributed by atoms with E-state index in [1.165, 1.54) is 32.4 Å². The molecule has 0 spiro atoms. The van der Waals surface area contributed by atoms with Gasteiger partial charge in [-0.1, -0.05) is 6.42 Å². The molecule has 0 amide bonds. The van der Waals surface area contributed by atoms with E-state index in [-0.39, 0.29) is 5.57 Å². The van der Waals surface area contributed by atoms with Crippen molar-refractivity contribution in [3.05, 3.63) is 35.0 Å². The second-order valence-electron chi connectivity index (χ2n) is 7.25. The molecule has 0 saturated carbocycles. The lowest BCUT2D eigenvalue weighted by molar-refractivity contribution is 0.204. The number of hydrogen-bond acceptors (Lipinski definition) is 7. The average Bonchev–Trinajstić information content (AvgIpc) is 3.34. The van der Waals surface area contributed by atoms with Gasteiger partial charge in [-0.3, -0.25) is 4.90 Å². The summed E-state index contributed by atoms with van der Waals surface area (Å²) in [6, 6.07) is 8.30. The van der Waals surface area contributed by atoms with Crippen LogP contribution in [0.5, 0.6) is 0 Å². The van der Waals surface area contributed by atoms with Gasteiger partial charge in [0.2, 0.25) is 0 Å². The highest BCUT2D eigenvalue weighted by Gasteiger charge is 2.26. The first-order valence-corrected chi connectivity index (χ1v) is 11.3. The minimum atomic E-state index is 0.220. The molecular formula is C21H29N5OS. The topological polar surface area (TPSA) is 70.4 Å². The fourth-order valence-corrected chi connectivity index (χ4v) is 4.74. The van der Waals surface area contributed by atoms with Crippen molar-refractivity contribution in [1.82, 2.24) is 14.7 Å². The molecule has 2 saturated heterocycles. The van der Waals surface area contributed by atoms with Crippen LogP contribution >= 0.6 is 11.8 Å². The monoisotopic (exact) mass is 399 g/mol. The van der Waals surface area contributed by atoms with Gasteiger partial charge in [-0.15, -0.1) is 0 Å². The molecule has 28 heavy (non-hydrogen) atoms. The van der Waals surface area contributed by atoms with E-state index in [0.29, 0.717) is 0 Å². The van der Waals surface area contributed by atoms with Crippen molar-refractivity contribution < 1.29 is 4.42 Å². The van der Waals surface area contributed by atoms with Crippen LogP contribution in [0, 0.1) is 22.7 Å². The van der Waals surface area contributed by atoms with E-state index in [1.54, 1.807) is 0 Å². The maximum atomic E-state index is 9.25. The first-order valence-electron chi connectivity index (χ1n) is 10.2. The predicted octanol–water partition coefficient (Wildman–Crippen LogP) is 3.39. The average molecular weight is 400 g/mol. The first kappa shape index (κ1) is 20.6. The zero-order valence-corrected chi connectivity index (χ0v) is 17.5. The molecule has 7 heteroatoms. The van der Waals surface area contributed by atoms with Crippen LogP contribution in [0.25, 0.3) is 0 Å². The Morgan fingerprint density at radius 1 is 1.04 bits per heavy atom. The van der Waals surface area contributed by atoms with E-state index in [2.05, 4.69) is 33.8 Å². The lowest BCUT2D eigenvalue weighted by Crippen LogP contribution is -2.28. The summed E-state index contributed by atoms with van der Waals surface area (Å²) in [5.41, 5.74) is 0.220. The summed E-state index contributed by atoms with van der Waals surface area (Å²) in [5, 5.41) is 18.5. The Morgan fingerprint density at radius 3 is 2.46 bits per heavy atom. The molecule has 0 N–H and O–H groups in total. The Balaban J connectivity index is 1.45. The normalized spacial score (nSPS) is 17.6. The number of allylic oxidation sites excluding steroid dienone is 1. The molecule has 0 atom stereocenters. The Labute approximate surface area is 172 Å². The van der Waals surface area contributed by atoms with Crippen molar-refractivity contribution in [1.29, 1.82) is 10.5 Å². The number of hydrogen-bond donors (Lipinski definition) is 0. The number of nitrogens with zero attached hydrogens (tertiary/aromatic N) is 5. The fraction of sp³-hybridized carbons (Fsp3) is 0.619. The Bertz CT molecular complexity index is 738. The van der Waals surface area contributed by atoms with Crippen LogP contribution in [0.2, 0.25) is 0 Å². The van der Waals surface area contributed by atoms with Gasteiger partial charge in [0, 0.05) is 31.9 Å². The zero-order valence-electron chi connectivity index (χ0n) is 16.7. The largest absolute Gasteiger partial charge is 0.464 e. The minimum absolute atomic E-state index is 0.220. The SMILES string of the molecule is CCN1CCN(CCSCc2ccc(CN3CCCCC3)o2)C1=C(C#N)C#N. The molecule has 2 aliphatic rings. The number of thioether (sulfide) groups is 1. The molecule has 0 aliphatic carbocycles. The van der Waals surface area contributed by atoms with Crippen molar-refractivity contribution in [2.75, 3.05) is 45.0 Å². The zero-order chi connectivity index (χ0) is 19.8. The van der Waals surface area contributed by atoms with Gasteiger partial charge in [-0.25, -0.2) is 0 Å². The smallest absolute Gasteiger partial charge is 0.169 e. The lowest BCUT2D eigenvalue weighted by atomic mass is 10.1. The predicted molar refractivity (Wildman–Crippen MR) is 111 cm³/mol. The number of piperidine rings is 1. The van der Waals surface area contributed by atoms with Crippen molar-refractivity contribution >= 4 is 11.8 Å². The number of furan rings is 1. The van der Waals surface area contributed by atoms with Crippen molar-refractivity contribution in [2.45, 2.75) is 38.5 Å². The highest BCUT2D eigenvalue weighted by Crippen LogP contribution is 2.23. The molecule has 3 rings (SSSR count). The summed E-state index contributed by atoms with van der Waals surface area (Å²) in [6.07, 6.45) is 3.95. The second kappa shape index (κ2) is 10.5.